The lowest BCUT2D eigenvalue weighted by Crippen LogP contribution is -2.29. The van der Waals surface area contributed by atoms with Crippen LogP contribution in [0.3, 0.4) is 0 Å². The summed E-state index contributed by atoms with van der Waals surface area (Å²) >= 11 is 0. The van der Waals surface area contributed by atoms with Crippen LogP contribution in [0.25, 0.3) is 0 Å². The van der Waals surface area contributed by atoms with E-state index in [-0.39, 0.29) is 5.92 Å². The number of hydrogen-bond donors (Lipinski definition) is 1. The molecule has 1 atom stereocenters. The Labute approximate surface area is 91.9 Å². The summed E-state index contributed by atoms with van der Waals surface area (Å²) in [5, 5.41) is 3.12. The first-order valence-electron chi connectivity index (χ1n) is 5.31. The number of piperidine rings is 1. The molecule has 1 unspecified atom stereocenters. The zero-order chi connectivity index (χ0) is 11.6. The van der Waals surface area contributed by atoms with Crippen molar-refractivity contribution in [3.8, 4) is 0 Å². The second kappa shape index (κ2) is 4.41. The van der Waals surface area contributed by atoms with Gasteiger partial charge in [0.25, 0.3) is 0 Å². The fraction of sp³-hybridized carbons (Fsp3) is 0.545. The van der Waals surface area contributed by atoms with E-state index >= 15 is 0 Å². The molecule has 1 saturated heterocycles. The molecule has 1 N–H and O–H groups in total. The molecule has 1 aliphatic heterocycles. The van der Waals surface area contributed by atoms with Crippen LogP contribution in [0.1, 0.15) is 29.9 Å². The molecule has 2 rings (SSSR count). The van der Waals surface area contributed by atoms with Gasteiger partial charge in [-0.3, -0.25) is 4.98 Å². The molecule has 1 aromatic heterocycles. The average molecular weight is 230 g/mol. The van der Waals surface area contributed by atoms with Gasteiger partial charge in [-0.1, -0.05) is 0 Å². The van der Waals surface area contributed by atoms with Gasteiger partial charge in [-0.2, -0.15) is 13.2 Å². The van der Waals surface area contributed by atoms with Gasteiger partial charge in [-0.05, 0) is 36.9 Å². The number of alkyl halides is 3. The number of rotatable bonds is 1. The molecule has 1 fully saturated rings. The Hall–Kier alpha value is -1.10. The molecule has 0 aliphatic carbocycles. The molecule has 16 heavy (non-hydrogen) atoms. The lowest BCUT2D eigenvalue weighted by Gasteiger charge is -2.25. The van der Waals surface area contributed by atoms with Crippen LogP contribution >= 0.6 is 0 Å². The Morgan fingerprint density at radius 2 is 2.19 bits per heavy atom. The van der Waals surface area contributed by atoms with Crippen molar-refractivity contribution in [3.05, 3.63) is 29.6 Å². The van der Waals surface area contributed by atoms with Crippen molar-refractivity contribution in [2.75, 3.05) is 13.1 Å². The summed E-state index contributed by atoms with van der Waals surface area (Å²) in [4.78, 5) is 3.57. The quantitative estimate of drug-likeness (QED) is 0.802. The van der Waals surface area contributed by atoms with Gasteiger partial charge in [0.15, 0.2) is 0 Å². The first kappa shape index (κ1) is 11.4. The maximum atomic E-state index is 12.7. The van der Waals surface area contributed by atoms with Gasteiger partial charge in [0, 0.05) is 18.9 Å². The van der Waals surface area contributed by atoms with Gasteiger partial charge in [0.05, 0.1) is 5.56 Å². The number of pyridine rings is 1. The van der Waals surface area contributed by atoms with Crippen LogP contribution in [0.2, 0.25) is 0 Å². The van der Waals surface area contributed by atoms with Gasteiger partial charge >= 0.3 is 6.18 Å². The van der Waals surface area contributed by atoms with E-state index in [2.05, 4.69) is 10.3 Å². The van der Waals surface area contributed by atoms with Gasteiger partial charge in [0.1, 0.15) is 0 Å². The Balaban J connectivity index is 2.32. The van der Waals surface area contributed by atoms with E-state index in [1.165, 1.54) is 12.3 Å². The topological polar surface area (TPSA) is 24.9 Å². The van der Waals surface area contributed by atoms with Crippen LogP contribution in [-0.2, 0) is 6.18 Å². The third-order valence-corrected chi connectivity index (χ3v) is 2.90. The van der Waals surface area contributed by atoms with Crippen LogP contribution < -0.4 is 5.32 Å². The molecule has 2 nitrogen and oxygen atoms in total. The number of nitrogens with one attached hydrogen (secondary N) is 1. The second-order valence-corrected chi connectivity index (χ2v) is 4.00. The Morgan fingerprint density at radius 1 is 1.38 bits per heavy atom. The summed E-state index contributed by atoms with van der Waals surface area (Å²) in [6.07, 6.45) is -0.228. The SMILES string of the molecule is FC(F)(F)c1cnccc1C1CCCNC1. The normalized spacial score (nSPS) is 22.1. The van der Waals surface area contributed by atoms with Crippen molar-refractivity contribution in [3.63, 3.8) is 0 Å². The molecule has 0 radical (unpaired) electrons. The number of nitrogens with zero attached hydrogens (tertiary/aromatic N) is 1. The number of halogens is 3. The molecule has 5 heteroatoms. The molecule has 0 saturated carbocycles. The second-order valence-electron chi connectivity index (χ2n) is 4.00. The lowest BCUT2D eigenvalue weighted by molar-refractivity contribution is -0.138. The molecule has 0 aromatic carbocycles. The summed E-state index contributed by atoms with van der Waals surface area (Å²) < 4.78 is 38.2. The Morgan fingerprint density at radius 3 is 2.81 bits per heavy atom. The molecular formula is C11H13F3N2. The number of aromatic nitrogens is 1. The van der Waals surface area contributed by atoms with Crippen molar-refractivity contribution >= 4 is 0 Å². The predicted molar refractivity (Wildman–Crippen MR) is 54.1 cm³/mol. The van der Waals surface area contributed by atoms with E-state index in [9.17, 15) is 13.2 Å². The van der Waals surface area contributed by atoms with E-state index in [0.29, 0.717) is 12.1 Å². The minimum absolute atomic E-state index is 0.0478. The largest absolute Gasteiger partial charge is 0.418 e. The van der Waals surface area contributed by atoms with Crippen molar-refractivity contribution < 1.29 is 13.2 Å². The van der Waals surface area contributed by atoms with Crippen molar-refractivity contribution in [1.82, 2.24) is 10.3 Å². The maximum absolute atomic E-state index is 12.7. The highest BCUT2D eigenvalue weighted by atomic mass is 19.4. The minimum atomic E-state index is -4.30. The third-order valence-electron chi connectivity index (χ3n) is 2.90. The summed E-state index contributed by atoms with van der Waals surface area (Å²) in [7, 11) is 0. The maximum Gasteiger partial charge on any atom is 0.418 e. The first-order chi connectivity index (χ1) is 7.59. The zero-order valence-corrected chi connectivity index (χ0v) is 8.72. The highest BCUT2D eigenvalue weighted by Gasteiger charge is 2.35. The molecule has 0 amide bonds. The third kappa shape index (κ3) is 2.35. The molecule has 1 aliphatic rings. The molecule has 0 spiro atoms. The van der Waals surface area contributed by atoms with Gasteiger partial charge in [-0.25, -0.2) is 0 Å². The van der Waals surface area contributed by atoms with Crippen LogP contribution in [0.4, 0.5) is 13.2 Å². The Bertz CT molecular complexity index is 356. The zero-order valence-electron chi connectivity index (χ0n) is 8.72. The Kier molecular flexibility index (Phi) is 3.14. The van der Waals surface area contributed by atoms with Gasteiger partial charge < -0.3 is 5.32 Å². The van der Waals surface area contributed by atoms with Gasteiger partial charge in [-0.15, -0.1) is 0 Å². The monoisotopic (exact) mass is 230 g/mol. The van der Waals surface area contributed by atoms with Crippen molar-refractivity contribution in [2.24, 2.45) is 0 Å². The summed E-state index contributed by atoms with van der Waals surface area (Å²) in [5.41, 5.74) is -0.224. The first-order valence-corrected chi connectivity index (χ1v) is 5.31. The van der Waals surface area contributed by atoms with Crippen LogP contribution in [0.15, 0.2) is 18.5 Å². The van der Waals surface area contributed by atoms with E-state index in [4.69, 9.17) is 0 Å². The van der Waals surface area contributed by atoms with Crippen LogP contribution in [0, 0.1) is 0 Å². The lowest BCUT2D eigenvalue weighted by atomic mass is 9.89. The summed E-state index contributed by atoms with van der Waals surface area (Å²) in [6, 6.07) is 1.49. The fourth-order valence-electron chi connectivity index (χ4n) is 2.12. The van der Waals surface area contributed by atoms with Gasteiger partial charge in [0.2, 0.25) is 0 Å². The van der Waals surface area contributed by atoms with Crippen LogP contribution in [0.5, 0.6) is 0 Å². The highest BCUT2D eigenvalue weighted by molar-refractivity contribution is 5.30. The highest BCUT2D eigenvalue weighted by Crippen LogP contribution is 2.36. The molecule has 88 valence electrons. The molecule has 1 aromatic rings. The minimum Gasteiger partial charge on any atom is -0.316 e. The van der Waals surface area contributed by atoms with E-state index < -0.39 is 11.7 Å². The standard InChI is InChI=1S/C11H13F3N2/c12-11(13,14)10-7-16-5-3-9(10)8-2-1-4-15-6-8/h3,5,7-8,15H,1-2,4,6H2. The van der Waals surface area contributed by atoms with E-state index in [1.54, 1.807) is 0 Å². The smallest absolute Gasteiger partial charge is 0.316 e. The van der Waals surface area contributed by atoms with Crippen LogP contribution in [-0.4, -0.2) is 18.1 Å². The predicted octanol–water partition coefficient (Wildman–Crippen LogP) is 2.57. The van der Waals surface area contributed by atoms with E-state index in [0.717, 1.165) is 25.6 Å². The molecular weight excluding hydrogens is 217 g/mol. The van der Waals surface area contributed by atoms with Crippen molar-refractivity contribution in [1.29, 1.82) is 0 Å². The average Bonchev–Trinajstić information content (AvgIpc) is 2.29. The molecule has 2 heterocycles. The van der Waals surface area contributed by atoms with Crippen molar-refractivity contribution in [2.45, 2.75) is 24.9 Å². The fourth-order valence-corrected chi connectivity index (χ4v) is 2.12. The van der Waals surface area contributed by atoms with E-state index in [1.807, 2.05) is 0 Å². The summed E-state index contributed by atoms with van der Waals surface area (Å²) in [6.45, 7) is 1.51. The summed E-state index contributed by atoms with van der Waals surface area (Å²) in [5.74, 6) is -0.0478. The number of hydrogen-bond acceptors (Lipinski definition) is 2. The molecule has 0 bridgehead atoms.